The van der Waals surface area contributed by atoms with Gasteiger partial charge in [-0.05, 0) is 17.7 Å². The van der Waals surface area contributed by atoms with Gasteiger partial charge in [-0.25, -0.2) is 8.78 Å². The van der Waals surface area contributed by atoms with Gasteiger partial charge in [-0.15, -0.1) is 0 Å². The van der Waals surface area contributed by atoms with Crippen LogP contribution < -0.4 is 5.73 Å². The van der Waals surface area contributed by atoms with Crippen molar-refractivity contribution in [2.75, 3.05) is 6.61 Å². The van der Waals surface area contributed by atoms with Crippen molar-refractivity contribution >= 4 is 0 Å². The maximum Gasteiger partial charge on any atom is 0.416 e. The molecule has 0 heterocycles. The molecule has 0 saturated heterocycles. The third kappa shape index (κ3) is 2.48. The molecule has 0 aliphatic carbocycles. The highest BCUT2D eigenvalue weighted by Gasteiger charge is 2.35. The van der Waals surface area contributed by atoms with E-state index in [0.717, 1.165) is 0 Å². The summed E-state index contributed by atoms with van der Waals surface area (Å²) in [6.07, 6.45) is -4.85. The maximum absolute atomic E-state index is 12.8. The highest BCUT2D eigenvalue weighted by Crippen LogP contribution is 2.35. The molecule has 0 spiro atoms. The lowest BCUT2D eigenvalue weighted by molar-refractivity contribution is -0.138. The Labute approximate surface area is 87.5 Å². The van der Waals surface area contributed by atoms with Crippen molar-refractivity contribution in [3.63, 3.8) is 0 Å². The summed E-state index contributed by atoms with van der Waals surface area (Å²) in [5.41, 5.74) is 3.12. The molecular weight excluding hydrogens is 233 g/mol. The van der Waals surface area contributed by atoms with Gasteiger partial charge in [0, 0.05) is 0 Å². The van der Waals surface area contributed by atoms with Gasteiger partial charge in [0.15, 0.2) is 11.6 Å². The standard InChI is InChI=1S/C9H8F5NO/c10-6-1-4(8(15)3-16)5(2-7(6)11)9(12,13)14/h1-2,8,16H,3,15H2/t8-/m0/s1. The number of halogens is 5. The first-order valence-electron chi connectivity index (χ1n) is 4.20. The Kier molecular flexibility index (Phi) is 3.49. The van der Waals surface area contributed by atoms with Crippen LogP contribution in [0.4, 0.5) is 22.0 Å². The molecule has 1 atom stereocenters. The fourth-order valence-corrected chi connectivity index (χ4v) is 1.21. The molecule has 1 aromatic rings. The zero-order valence-electron chi connectivity index (χ0n) is 7.85. The Morgan fingerprint density at radius 3 is 2.12 bits per heavy atom. The van der Waals surface area contributed by atoms with Gasteiger partial charge < -0.3 is 10.8 Å². The van der Waals surface area contributed by atoms with E-state index in [2.05, 4.69) is 0 Å². The molecule has 0 radical (unpaired) electrons. The summed E-state index contributed by atoms with van der Waals surface area (Å²) in [5.74, 6) is -3.05. The molecule has 0 aromatic heterocycles. The summed E-state index contributed by atoms with van der Waals surface area (Å²) in [6, 6.07) is -1.04. The molecule has 2 nitrogen and oxygen atoms in total. The summed E-state index contributed by atoms with van der Waals surface area (Å²) in [7, 11) is 0. The van der Waals surface area contributed by atoms with Crippen LogP contribution >= 0.6 is 0 Å². The van der Waals surface area contributed by atoms with Gasteiger partial charge in [0.2, 0.25) is 0 Å². The van der Waals surface area contributed by atoms with Crippen LogP contribution in [0.5, 0.6) is 0 Å². The average Bonchev–Trinajstić information content (AvgIpc) is 2.18. The normalized spacial score (nSPS) is 13.9. The second kappa shape index (κ2) is 4.34. The van der Waals surface area contributed by atoms with Gasteiger partial charge in [-0.3, -0.25) is 0 Å². The highest BCUT2D eigenvalue weighted by atomic mass is 19.4. The summed E-state index contributed by atoms with van der Waals surface area (Å²) >= 11 is 0. The van der Waals surface area contributed by atoms with Gasteiger partial charge in [0.1, 0.15) is 0 Å². The quantitative estimate of drug-likeness (QED) is 0.777. The van der Waals surface area contributed by atoms with Gasteiger partial charge in [0.25, 0.3) is 0 Å². The summed E-state index contributed by atoms with van der Waals surface area (Å²) < 4.78 is 62.7. The van der Waals surface area contributed by atoms with Crippen LogP contribution in [0.1, 0.15) is 17.2 Å². The molecule has 3 N–H and O–H groups in total. The first-order valence-corrected chi connectivity index (χ1v) is 4.20. The molecule has 0 fully saturated rings. The Balaban J connectivity index is 3.39. The predicted octanol–water partition coefficient (Wildman–Crippen LogP) is 1.98. The van der Waals surface area contributed by atoms with Crippen molar-refractivity contribution in [3.8, 4) is 0 Å². The second-order valence-electron chi connectivity index (χ2n) is 3.14. The van der Waals surface area contributed by atoms with Crippen LogP contribution in [0.2, 0.25) is 0 Å². The largest absolute Gasteiger partial charge is 0.416 e. The lowest BCUT2D eigenvalue weighted by Gasteiger charge is -2.17. The lowest BCUT2D eigenvalue weighted by Crippen LogP contribution is -2.21. The maximum atomic E-state index is 12.8. The number of aliphatic hydroxyl groups excluding tert-OH is 1. The Bertz CT molecular complexity index is 390. The summed E-state index contributed by atoms with van der Waals surface area (Å²) in [4.78, 5) is 0. The predicted molar refractivity (Wildman–Crippen MR) is 45.4 cm³/mol. The minimum absolute atomic E-state index is 0.0280. The van der Waals surface area contributed by atoms with E-state index < -0.39 is 41.6 Å². The monoisotopic (exact) mass is 241 g/mol. The van der Waals surface area contributed by atoms with E-state index in [-0.39, 0.29) is 6.07 Å². The first kappa shape index (κ1) is 12.9. The Hall–Kier alpha value is -1.21. The van der Waals surface area contributed by atoms with Crippen LogP contribution in [0.15, 0.2) is 12.1 Å². The van der Waals surface area contributed by atoms with Crippen molar-refractivity contribution in [1.29, 1.82) is 0 Å². The molecule has 90 valence electrons. The number of alkyl halides is 3. The number of hydrogen-bond acceptors (Lipinski definition) is 2. The molecule has 0 amide bonds. The SMILES string of the molecule is N[C@@H](CO)c1cc(F)c(F)cc1C(F)(F)F. The summed E-state index contributed by atoms with van der Waals surface area (Å²) in [5, 5.41) is 8.63. The molecule has 7 heteroatoms. The molecule has 0 aliphatic heterocycles. The van der Waals surface area contributed by atoms with Crippen LogP contribution in [0.25, 0.3) is 0 Å². The molecule has 1 rings (SSSR count). The molecule has 0 saturated carbocycles. The number of nitrogens with two attached hydrogens (primary N) is 1. The van der Waals surface area contributed by atoms with Crippen LogP contribution in [0, 0.1) is 11.6 Å². The minimum Gasteiger partial charge on any atom is -0.394 e. The molecule has 0 unspecified atom stereocenters. The third-order valence-electron chi connectivity index (χ3n) is 1.99. The third-order valence-corrected chi connectivity index (χ3v) is 1.99. The van der Waals surface area contributed by atoms with Crippen molar-refractivity contribution in [2.24, 2.45) is 5.73 Å². The molecule has 1 aromatic carbocycles. The molecule has 0 aliphatic rings. The molecule has 16 heavy (non-hydrogen) atoms. The second-order valence-corrected chi connectivity index (χ2v) is 3.14. The number of rotatable bonds is 2. The van der Waals surface area contributed by atoms with Crippen molar-refractivity contribution in [2.45, 2.75) is 12.2 Å². The van der Waals surface area contributed by atoms with E-state index in [0.29, 0.717) is 6.07 Å². The molecular formula is C9H8F5NO. The zero-order chi connectivity index (χ0) is 12.5. The van der Waals surface area contributed by atoms with E-state index >= 15 is 0 Å². The van der Waals surface area contributed by atoms with Gasteiger partial charge in [0.05, 0.1) is 18.2 Å². The number of benzene rings is 1. The topological polar surface area (TPSA) is 46.2 Å². The fraction of sp³-hybridized carbons (Fsp3) is 0.333. The zero-order valence-corrected chi connectivity index (χ0v) is 7.85. The smallest absolute Gasteiger partial charge is 0.394 e. The summed E-state index contributed by atoms with van der Waals surface area (Å²) in [6.45, 7) is -0.797. The Morgan fingerprint density at radius 1 is 1.19 bits per heavy atom. The van der Waals surface area contributed by atoms with Crippen molar-refractivity contribution < 1.29 is 27.1 Å². The first-order chi connectivity index (χ1) is 7.27. The van der Waals surface area contributed by atoms with Crippen molar-refractivity contribution in [3.05, 3.63) is 34.9 Å². The number of hydrogen-bond donors (Lipinski definition) is 2. The van der Waals surface area contributed by atoms with E-state index in [1.165, 1.54) is 0 Å². The van der Waals surface area contributed by atoms with Gasteiger partial charge in [-0.1, -0.05) is 0 Å². The van der Waals surface area contributed by atoms with Crippen LogP contribution in [-0.4, -0.2) is 11.7 Å². The van der Waals surface area contributed by atoms with Crippen LogP contribution in [0.3, 0.4) is 0 Å². The van der Waals surface area contributed by atoms with E-state index in [1.54, 1.807) is 0 Å². The lowest BCUT2D eigenvalue weighted by atomic mass is 10.0. The van der Waals surface area contributed by atoms with E-state index in [9.17, 15) is 22.0 Å². The minimum atomic E-state index is -4.85. The van der Waals surface area contributed by atoms with Crippen LogP contribution in [-0.2, 0) is 6.18 Å². The van der Waals surface area contributed by atoms with Gasteiger partial charge >= 0.3 is 6.18 Å². The van der Waals surface area contributed by atoms with E-state index in [1.807, 2.05) is 0 Å². The van der Waals surface area contributed by atoms with Crippen molar-refractivity contribution in [1.82, 2.24) is 0 Å². The Morgan fingerprint density at radius 2 is 1.69 bits per heavy atom. The fourth-order valence-electron chi connectivity index (χ4n) is 1.21. The molecule has 0 bridgehead atoms. The number of aliphatic hydroxyl groups is 1. The van der Waals surface area contributed by atoms with E-state index in [4.69, 9.17) is 10.8 Å². The highest BCUT2D eigenvalue weighted by molar-refractivity contribution is 5.33. The average molecular weight is 241 g/mol. The van der Waals surface area contributed by atoms with Gasteiger partial charge in [-0.2, -0.15) is 13.2 Å².